The first-order chi connectivity index (χ1) is 15.9. The van der Waals surface area contributed by atoms with E-state index in [-0.39, 0.29) is 30.5 Å². The van der Waals surface area contributed by atoms with Crippen molar-refractivity contribution < 1.29 is 17.9 Å². The molecule has 0 bridgehead atoms. The minimum absolute atomic E-state index is 0.0516. The summed E-state index contributed by atoms with van der Waals surface area (Å²) in [4.78, 5) is 26.7. The number of nitrogens with one attached hydrogen (secondary N) is 1. The lowest BCUT2D eigenvalue weighted by atomic mass is 10.0. The number of carbonyl (C=O) groups is 1. The van der Waals surface area contributed by atoms with Crippen LogP contribution in [0.4, 0.5) is 0 Å². The lowest BCUT2D eigenvalue weighted by molar-refractivity contribution is -0.132. The summed E-state index contributed by atoms with van der Waals surface area (Å²) in [6, 6.07) is 5.30. The molecule has 1 aliphatic heterocycles. The lowest BCUT2D eigenvalue weighted by Crippen LogP contribution is -2.43. The van der Waals surface area contributed by atoms with Crippen LogP contribution in [-0.2, 0) is 21.9 Å². The maximum atomic E-state index is 12.9. The number of aromatic nitrogens is 1. The highest BCUT2D eigenvalue weighted by atomic mass is 32.2. The molecule has 3 rings (SSSR count). The summed E-state index contributed by atoms with van der Waals surface area (Å²) in [6.07, 6.45) is 1.35. The molecule has 0 spiro atoms. The number of carbonyl (C=O) groups excluding carboxylic acids is 1. The van der Waals surface area contributed by atoms with E-state index >= 15 is 0 Å². The van der Waals surface area contributed by atoms with Crippen LogP contribution < -0.4 is 15.0 Å². The number of amides is 1. The summed E-state index contributed by atoms with van der Waals surface area (Å²) < 4.78 is 36.0. The second-order valence-corrected chi connectivity index (χ2v) is 10.9. The zero-order chi connectivity index (χ0) is 25.2. The molecule has 186 valence electrons. The van der Waals surface area contributed by atoms with Gasteiger partial charge in [-0.05, 0) is 62.9 Å². The fraction of sp³-hybridized carbons (Fsp3) is 0.520. The predicted molar refractivity (Wildman–Crippen MR) is 132 cm³/mol. The molecule has 0 aliphatic carbocycles. The highest BCUT2D eigenvalue weighted by Gasteiger charge is 2.26. The van der Waals surface area contributed by atoms with E-state index in [9.17, 15) is 18.0 Å². The van der Waals surface area contributed by atoms with E-state index in [1.807, 2.05) is 46.8 Å². The average Bonchev–Trinajstić information content (AvgIpc) is 2.76. The number of benzene rings is 1. The molecule has 2 aromatic rings. The van der Waals surface area contributed by atoms with Crippen molar-refractivity contribution in [3.63, 3.8) is 0 Å². The number of sulfonamides is 1. The summed E-state index contributed by atoms with van der Waals surface area (Å²) in [7, 11) is -2.00. The Labute approximate surface area is 202 Å². The second kappa shape index (κ2) is 10.3. The standard InChI is InChI=1S/C25H35N3O5S/c1-16-13-17(2)20(5)25(19(16)4)34(31,32)26-10-7-23(29)28-11-8-21(9-12-28)33-22-14-18(3)27(6)24(30)15-22/h13-15,21,26H,7-12H2,1-6H3. The number of piperidine rings is 1. The summed E-state index contributed by atoms with van der Waals surface area (Å²) in [5.41, 5.74) is 4.03. The van der Waals surface area contributed by atoms with Gasteiger partial charge in [-0.25, -0.2) is 13.1 Å². The quantitative estimate of drug-likeness (QED) is 0.645. The molecular weight excluding hydrogens is 454 g/mol. The molecule has 1 aliphatic rings. The molecule has 34 heavy (non-hydrogen) atoms. The van der Waals surface area contributed by atoms with E-state index in [0.29, 0.717) is 36.6 Å². The molecule has 8 nitrogen and oxygen atoms in total. The van der Waals surface area contributed by atoms with Gasteiger partial charge in [0.2, 0.25) is 15.9 Å². The van der Waals surface area contributed by atoms with Gasteiger partial charge in [0.05, 0.1) is 4.90 Å². The van der Waals surface area contributed by atoms with Crippen molar-refractivity contribution in [2.24, 2.45) is 7.05 Å². The normalized spacial score (nSPS) is 14.9. The molecule has 1 aromatic carbocycles. The topological polar surface area (TPSA) is 97.7 Å². The van der Waals surface area contributed by atoms with E-state index in [2.05, 4.69) is 4.72 Å². The second-order valence-electron chi connectivity index (χ2n) is 9.16. The molecule has 0 radical (unpaired) electrons. The molecule has 1 fully saturated rings. The maximum Gasteiger partial charge on any atom is 0.254 e. The smallest absolute Gasteiger partial charge is 0.254 e. The fourth-order valence-corrected chi connectivity index (χ4v) is 5.97. The van der Waals surface area contributed by atoms with Gasteiger partial charge in [0, 0.05) is 57.7 Å². The zero-order valence-electron chi connectivity index (χ0n) is 20.9. The number of pyridine rings is 1. The van der Waals surface area contributed by atoms with Gasteiger partial charge in [-0.2, -0.15) is 0 Å². The van der Waals surface area contributed by atoms with E-state index in [1.54, 1.807) is 16.5 Å². The number of rotatable bonds is 7. The monoisotopic (exact) mass is 489 g/mol. The van der Waals surface area contributed by atoms with Crippen LogP contribution >= 0.6 is 0 Å². The van der Waals surface area contributed by atoms with Gasteiger partial charge in [0.25, 0.3) is 5.56 Å². The third kappa shape index (κ3) is 5.70. The van der Waals surface area contributed by atoms with Gasteiger partial charge in [-0.3, -0.25) is 9.59 Å². The van der Waals surface area contributed by atoms with Gasteiger partial charge < -0.3 is 14.2 Å². The Morgan fingerprint density at radius 2 is 1.62 bits per heavy atom. The molecule has 1 N–H and O–H groups in total. The molecule has 1 aromatic heterocycles. The van der Waals surface area contributed by atoms with Crippen molar-refractivity contribution in [1.29, 1.82) is 0 Å². The first-order valence-electron chi connectivity index (χ1n) is 11.6. The Kier molecular flexibility index (Phi) is 7.88. The molecular formula is C25H35N3O5S. The van der Waals surface area contributed by atoms with Crippen molar-refractivity contribution in [2.45, 2.75) is 64.9 Å². The van der Waals surface area contributed by atoms with Crippen LogP contribution in [0.1, 0.15) is 47.2 Å². The Morgan fingerprint density at radius 1 is 1.03 bits per heavy atom. The van der Waals surface area contributed by atoms with Crippen molar-refractivity contribution in [1.82, 2.24) is 14.2 Å². The SMILES string of the molecule is Cc1cc(C)c(C)c(S(=O)(=O)NCCC(=O)N2CCC(Oc3cc(C)n(C)c(=O)c3)CC2)c1C. The van der Waals surface area contributed by atoms with Crippen LogP contribution in [0.3, 0.4) is 0 Å². The first-order valence-corrected chi connectivity index (χ1v) is 13.1. The first kappa shape index (κ1) is 26.0. The number of aryl methyl sites for hydroxylation is 3. The third-order valence-corrected chi connectivity index (χ3v) is 8.50. The van der Waals surface area contributed by atoms with Gasteiger partial charge >= 0.3 is 0 Å². The molecule has 9 heteroatoms. The van der Waals surface area contributed by atoms with Gasteiger partial charge in [-0.15, -0.1) is 0 Å². The lowest BCUT2D eigenvalue weighted by Gasteiger charge is -2.32. The molecule has 0 unspecified atom stereocenters. The Hall–Kier alpha value is -2.65. The van der Waals surface area contributed by atoms with Crippen LogP contribution in [0.2, 0.25) is 0 Å². The maximum absolute atomic E-state index is 12.9. The van der Waals surface area contributed by atoms with Crippen molar-refractivity contribution >= 4 is 15.9 Å². The number of likely N-dealkylation sites (tertiary alicyclic amines) is 1. The Balaban J connectivity index is 1.52. The number of nitrogens with zero attached hydrogens (tertiary/aromatic N) is 2. The van der Waals surface area contributed by atoms with Crippen LogP contribution in [0.15, 0.2) is 27.9 Å². The third-order valence-electron chi connectivity index (χ3n) is 6.77. The Morgan fingerprint density at radius 3 is 2.18 bits per heavy atom. The molecule has 2 heterocycles. The fourth-order valence-electron chi connectivity index (χ4n) is 4.33. The molecule has 0 atom stereocenters. The molecule has 1 saturated heterocycles. The molecule has 1 amide bonds. The highest BCUT2D eigenvalue weighted by Crippen LogP contribution is 2.26. The van der Waals surface area contributed by atoms with Crippen molar-refractivity contribution in [3.8, 4) is 5.75 Å². The van der Waals surface area contributed by atoms with E-state index in [4.69, 9.17) is 4.74 Å². The summed E-state index contributed by atoms with van der Waals surface area (Å²) >= 11 is 0. The van der Waals surface area contributed by atoms with Gasteiger partial charge in [0.1, 0.15) is 11.9 Å². The van der Waals surface area contributed by atoms with Crippen LogP contribution in [-0.4, -0.2) is 49.5 Å². The molecule has 0 saturated carbocycles. The van der Waals surface area contributed by atoms with Gasteiger partial charge in [-0.1, -0.05) is 6.07 Å². The van der Waals surface area contributed by atoms with E-state index in [0.717, 1.165) is 27.9 Å². The number of hydrogen-bond acceptors (Lipinski definition) is 5. The van der Waals surface area contributed by atoms with Crippen LogP contribution in [0.5, 0.6) is 5.75 Å². The minimum atomic E-state index is -3.71. The number of hydrogen-bond donors (Lipinski definition) is 1. The summed E-state index contributed by atoms with van der Waals surface area (Å²) in [6.45, 7) is 10.4. The Bertz CT molecular complexity index is 1220. The van der Waals surface area contributed by atoms with Gasteiger partial charge in [0.15, 0.2) is 0 Å². The number of ether oxygens (including phenoxy) is 1. The average molecular weight is 490 g/mol. The van der Waals surface area contributed by atoms with Crippen molar-refractivity contribution in [3.05, 3.63) is 56.5 Å². The predicted octanol–water partition coefficient (Wildman–Crippen LogP) is 2.67. The van der Waals surface area contributed by atoms with Crippen LogP contribution in [0.25, 0.3) is 0 Å². The summed E-state index contributed by atoms with van der Waals surface area (Å²) in [5, 5.41) is 0. The minimum Gasteiger partial charge on any atom is -0.490 e. The highest BCUT2D eigenvalue weighted by molar-refractivity contribution is 7.89. The largest absolute Gasteiger partial charge is 0.490 e. The van der Waals surface area contributed by atoms with E-state index in [1.165, 1.54) is 6.07 Å². The summed E-state index contributed by atoms with van der Waals surface area (Å²) in [5.74, 6) is 0.469. The van der Waals surface area contributed by atoms with Crippen LogP contribution in [0, 0.1) is 34.6 Å². The van der Waals surface area contributed by atoms with Crippen molar-refractivity contribution in [2.75, 3.05) is 19.6 Å². The van der Waals surface area contributed by atoms with E-state index < -0.39 is 10.0 Å². The zero-order valence-corrected chi connectivity index (χ0v) is 21.7.